The molecule has 1 rings (SSSR count). The minimum Gasteiger partial charge on any atom is -0.379 e. The molecule has 1 N–H and O–H groups in total. The number of nitrogens with one attached hydrogen (secondary N) is 1. The van der Waals surface area contributed by atoms with E-state index < -0.39 is 0 Å². The van der Waals surface area contributed by atoms with Gasteiger partial charge < -0.3 is 10.1 Å². The van der Waals surface area contributed by atoms with Gasteiger partial charge in [0.2, 0.25) is 0 Å². The van der Waals surface area contributed by atoms with Gasteiger partial charge in [0.05, 0.1) is 6.10 Å². The van der Waals surface area contributed by atoms with Crippen LogP contribution >= 0.6 is 0 Å². The fraction of sp³-hybridized carbons (Fsp3) is 0.583. The first kappa shape index (κ1) is 14.4. The summed E-state index contributed by atoms with van der Waals surface area (Å²) < 4.78 is 6.49. The molecule has 18 heavy (non-hydrogen) atoms. The Labute approximate surface area is 106 Å². The van der Waals surface area contributed by atoms with Gasteiger partial charge in [0.1, 0.15) is 5.69 Å². The molecule has 0 radical (unpaired) electrons. The third-order valence-electron chi connectivity index (χ3n) is 2.25. The minimum absolute atomic E-state index is 0.200. The minimum atomic E-state index is -0.282. The Morgan fingerprint density at radius 3 is 2.83 bits per heavy atom. The molecule has 0 aromatic carbocycles. The van der Waals surface area contributed by atoms with Crippen LogP contribution in [-0.2, 0) is 11.8 Å². The van der Waals surface area contributed by atoms with Crippen LogP contribution in [0.1, 0.15) is 30.8 Å². The number of nitrogens with zero attached hydrogens (tertiary/aromatic N) is 2. The lowest BCUT2D eigenvalue weighted by molar-refractivity contribution is 0.0756. The largest absolute Gasteiger partial charge is 0.379 e. The summed E-state index contributed by atoms with van der Waals surface area (Å²) in [5.74, 6) is -0.282. The smallest absolute Gasteiger partial charge is 0.271 e. The Morgan fingerprint density at radius 2 is 2.22 bits per heavy atom. The molecule has 0 aliphatic carbocycles. The van der Waals surface area contributed by atoms with Crippen molar-refractivity contribution in [3.63, 3.8) is 0 Å². The van der Waals surface area contributed by atoms with Gasteiger partial charge in [0.25, 0.3) is 11.5 Å². The highest BCUT2D eigenvalue weighted by molar-refractivity contribution is 5.91. The van der Waals surface area contributed by atoms with Crippen LogP contribution in [0.15, 0.2) is 16.9 Å². The van der Waals surface area contributed by atoms with Crippen molar-refractivity contribution in [3.05, 3.63) is 28.2 Å². The van der Waals surface area contributed by atoms with E-state index in [-0.39, 0.29) is 23.3 Å². The third-order valence-corrected chi connectivity index (χ3v) is 2.25. The molecule has 0 aliphatic heterocycles. The topological polar surface area (TPSA) is 73.2 Å². The van der Waals surface area contributed by atoms with Crippen molar-refractivity contribution in [2.45, 2.75) is 26.4 Å². The second-order valence-electron chi connectivity index (χ2n) is 4.21. The summed E-state index contributed by atoms with van der Waals surface area (Å²) in [6.45, 7) is 5.06. The average Bonchev–Trinajstić information content (AvgIpc) is 2.31. The van der Waals surface area contributed by atoms with E-state index in [4.69, 9.17) is 4.74 Å². The van der Waals surface area contributed by atoms with Crippen LogP contribution in [0.2, 0.25) is 0 Å². The summed E-state index contributed by atoms with van der Waals surface area (Å²) in [5, 5.41) is 6.58. The van der Waals surface area contributed by atoms with Gasteiger partial charge in [0, 0.05) is 26.3 Å². The highest BCUT2D eigenvalue weighted by atomic mass is 16.5. The molecule has 1 heterocycles. The molecule has 0 fully saturated rings. The molecule has 1 aromatic heterocycles. The van der Waals surface area contributed by atoms with E-state index >= 15 is 0 Å². The van der Waals surface area contributed by atoms with Gasteiger partial charge in [-0.25, -0.2) is 4.68 Å². The summed E-state index contributed by atoms with van der Waals surface area (Å²) in [5.41, 5.74) is -0.00115. The Bertz CT molecular complexity index is 454. The van der Waals surface area contributed by atoms with E-state index in [2.05, 4.69) is 10.4 Å². The van der Waals surface area contributed by atoms with Crippen molar-refractivity contribution in [1.29, 1.82) is 0 Å². The maximum absolute atomic E-state index is 11.7. The zero-order valence-electron chi connectivity index (χ0n) is 11.0. The standard InChI is InChI=1S/C12H19N3O3/c1-9(2)18-8-4-7-13-12(17)10-5-6-11(16)15(3)14-10/h5-6,9H,4,7-8H2,1-3H3,(H,13,17). The third kappa shape index (κ3) is 4.67. The summed E-state index contributed by atoms with van der Waals surface area (Å²) in [6.07, 6.45) is 0.946. The lowest BCUT2D eigenvalue weighted by Gasteiger charge is -2.08. The average molecular weight is 253 g/mol. The Balaban J connectivity index is 2.36. The van der Waals surface area contributed by atoms with Crippen molar-refractivity contribution in [3.8, 4) is 0 Å². The van der Waals surface area contributed by atoms with Crippen LogP contribution in [-0.4, -0.2) is 34.9 Å². The molecular formula is C12H19N3O3. The van der Waals surface area contributed by atoms with Crippen LogP contribution in [0.3, 0.4) is 0 Å². The second-order valence-corrected chi connectivity index (χ2v) is 4.21. The number of aromatic nitrogens is 2. The molecule has 100 valence electrons. The van der Waals surface area contributed by atoms with Gasteiger partial charge in [-0.2, -0.15) is 5.10 Å². The number of amides is 1. The van der Waals surface area contributed by atoms with Crippen LogP contribution in [0.5, 0.6) is 0 Å². The number of rotatable bonds is 6. The fourth-order valence-corrected chi connectivity index (χ4v) is 1.31. The first-order chi connectivity index (χ1) is 8.50. The summed E-state index contributed by atoms with van der Waals surface area (Å²) in [6, 6.07) is 2.74. The lowest BCUT2D eigenvalue weighted by Crippen LogP contribution is -2.29. The molecule has 0 aliphatic rings. The van der Waals surface area contributed by atoms with E-state index in [1.807, 2.05) is 13.8 Å². The van der Waals surface area contributed by atoms with Crippen molar-refractivity contribution < 1.29 is 9.53 Å². The Hall–Kier alpha value is -1.69. The number of carbonyl (C=O) groups is 1. The van der Waals surface area contributed by atoms with Gasteiger partial charge in [0.15, 0.2) is 0 Å². The molecule has 0 unspecified atom stereocenters. The van der Waals surface area contributed by atoms with Gasteiger partial charge in [-0.3, -0.25) is 9.59 Å². The predicted molar refractivity (Wildman–Crippen MR) is 67.5 cm³/mol. The van der Waals surface area contributed by atoms with Crippen molar-refractivity contribution in [1.82, 2.24) is 15.1 Å². The number of hydrogen-bond donors (Lipinski definition) is 1. The normalized spacial score (nSPS) is 10.7. The van der Waals surface area contributed by atoms with Gasteiger partial charge in [-0.15, -0.1) is 0 Å². The number of hydrogen-bond acceptors (Lipinski definition) is 4. The second kappa shape index (κ2) is 6.90. The van der Waals surface area contributed by atoms with Gasteiger partial charge in [-0.1, -0.05) is 0 Å². The van der Waals surface area contributed by atoms with Crippen LogP contribution in [0.4, 0.5) is 0 Å². The monoisotopic (exact) mass is 253 g/mol. The van der Waals surface area contributed by atoms with Crippen molar-refractivity contribution in [2.75, 3.05) is 13.2 Å². The number of ether oxygens (including phenoxy) is 1. The molecule has 1 aromatic rings. The maximum atomic E-state index is 11.7. The first-order valence-corrected chi connectivity index (χ1v) is 5.95. The molecule has 0 atom stereocenters. The van der Waals surface area contributed by atoms with Crippen LogP contribution in [0.25, 0.3) is 0 Å². The molecule has 0 saturated heterocycles. The van der Waals surface area contributed by atoms with Crippen molar-refractivity contribution in [2.24, 2.45) is 7.05 Å². The summed E-state index contributed by atoms with van der Waals surface area (Å²) in [4.78, 5) is 22.8. The maximum Gasteiger partial charge on any atom is 0.271 e. The quantitative estimate of drug-likeness (QED) is 0.741. The molecule has 6 nitrogen and oxygen atoms in total. The van der Waals surface area contributed by atoms with E-state index in [0.717, 1.165) is 11.1 Å². The van der Waals surface area contributed by atoms with Crippen LogP contribution in [0, 0.1) is 0 Å². The fourth-order valence-electron chi connectivity index (χ4n) is 1.31. The molecule has 1 amide bonds. The molecule has 6 heteroatoms. The van der Waals surface area contributed by atoms with Gasteiger partial charge in [-0.05, 0) is 26.3 Å². The number of carbonyl (C=O) groups excluding carboxylic acids is 1. The van der Waals surface area contributed by atoms with Crippen LogP contribution < -0.4 is 10.9 Å². The first-order valence-electron chi connectivity index (χ1n) is 5.95. The van der Waals surface area contributed by atoms with E-state index in [9.17, 15) is 9.59 Å². The molecule has 0 saturated carbocycles. The molecular weight excluding hydrogens is 234 g/mol. The highest BCUT2D eigenvalue weighted by Crippen LogP contribution is 1.92. The molecule has 0 bridgehead atoms. The van der Waals surface area contributed by atoms with Crippen molar-refractivity contribution >= 4 is 5.91 Å². The zero-order chi connectivity index (χ0) is 13.5. The Morgan fingerprint density at radius 1 is 1.50 bits per heavy atom. The highest BCUT2D eigenvalue weighted by Gasteiger charge is 2.07. The summed E-state index contributed by atoms with van der Waals surface area (Å²) >= 11 is 0. The zero-order valence-corrected chi connectivity index (χ0v) is 11.0. The predicted octanol–water partition coefficient (Wildman–Crippen LogP) is 0.325. The lowest BCUT2D eigenvalue weighted by atomic mass is 10.3. The van der Waals surface area contributed by atoms with Gasteiger partial charge >= 0.3 is 0 Å². The summed E-state index contributed by atoms with van der Waals surface area (Å²) in [7, 11) is 1.51. The van der Waals surface area contributed by atoms with E-state index in [1.54, 1.807) is 0 Å². The number of aryl methyl sites for hydroxylation is 1. The SMILES string of the molecule is CC(C)OCCCNC(=O)c1ccc(=O)n(C)n1. The molecule has 0 spiro atoms. The van der Waals surface area contributed by atoms with E-state index in [1.165, 1.54) is 19.2 Å². The van der Waals surface area contributed by atoms with E-state index in [0.29, 0.717) is 13.2 Å². The Kier molecular flexibility index (Phi) is 5.51.